The second-order valence-electron chi connectivity index (χ2n) is 6.65. The molecule has 1 amide bonds. The van der Waals surface area contributed by atoms with Crippen molar-refractivity contribution in [1.82, 2.24) is 9.88 Å². The number of benzene rings is 2. The van der Waals surface area contributed by atoms with E-state index in [1.54, 1.807) is 18.3 Å². The van der Waals surface area contributed by atoms with Crippen molar-refractivity contribution < 1.29 is 9.90 Å². The first-order chi connectivity index (χ1) is 12.2. The number of likely N-dealkylation sites (tertiary alicyclic amines) is 1. The molecule has 0 saturated carbocycles. The second kappa shape index (κ2) is 6.55. The van der Waals surface area contributed by atoms with E-state index in [1.165, 1.54) is 5.56 Å². The molecule has 126 valence electrons. The Hall–Kier alpha value is -2.88. The number of phenols is 1. The Morgan fingerprint density at radius 3 is 2.76 bits per heavy atom. The number of aromatic nitrogens is 1. The highest BCUT2D eigenvalue weighted by molar-refractivity contribution is 6.06. The number of hydrogen-bond donors (Lipinski definition) is 1. The minimum Gasteiger partial charge on any atom is -0.508 e. The Kier molecular flexibility index (Phi) is 4.10. The standard InChI is InChI=1S/C21H20N2O2/c24-17-7-5-15(6-8-17)13-16-10-12-23(14-16)21(25)19-9-11-22-20-4-2-1-3-18(19)20/h1-9,11,16,24H,10,12-14H2. The molecule has 1 aliphatic rings. The summed E-state index contributed by atoms with van der Waals surface area (Å²) in [5.41, 5.74) is 2.79. The van der Waals surface area contributed by atoms with E-state index >= 15 is 0 Å². The number of amides is 1. The zero-order valence-corrected chi connectivity index (χ0v) is 13.9. The van der Waals surface area contributed by atoms with Gasteiger partial charge in [-0.05, 0) is 48.6 Å². The largest absolute Gasteiger partial charge is 0.508 e. The highest BCUT2D eigenvalue weighted by Crippen LogP contribution is 2.25. The zero-order valence-electron chi connectivity index (χ0n) is 13.9. The molecule has 25 heavy (non-hydrogen) atoms. The normalized spacial score (nSPS) is 17.1. The number of hydrogen-bond acceptors (Lipinski definition) is 3. The molecule has 1 aliphatic heterocycles. The minimum absolute atomic E-state index is 0.0896. The average molecular weight is 332 g/mol. The van der Waals surface area contributed by atoms with Gasteiger partial charge in [0.05, 0.1) is 11.1 Å². The predicted molar refractivity (Wildman–Crippen MR) is 97.6 cm³/mol. The maximum Gasteiger partial charge on any atom is 0.254 e. The minimum atomic E-state index is 0.0896. The van der Waals surface area contributed by atoms with E-state index in [2.05, 4.69) is 4.98 Å². The van der Waals surface area contributed by atoms with Crippen LogP contribution in [0, 0.1) is 5.92 Å². The van der Waals surface area contributed by atoms with Gasteiger partial charge in [-0.25, -0.2) is 0 Å². The van der Waals surface area contributed by atoms with Crippen molar-refractivity contribution in [2.75, 3.05) is 13.1 Å². The van der Waals surface area contributed by atoms with Crippen LogP contribution in [-0.4, -0.2) is 34.0 Å². The summed E-state index contributed by atoms with van der Waals surface area (Å²) in [5.74, 6) is 0.838. The fraction of sp³-hybridized carbons (Fsp3) is 0.238. The number of fused-ring (bicyclic) bond motifs is 1. The maximum atomic E-state index is 13.0. The van der Waals surface area contributed by atoms with Gasteiger partial charge in [-0.1, -0.05) is 30.3 Å². The quantitative estimate of drug-likeness (QED) is 0.796. The maximum absolute atomic E-state index is 13.0. The number of rotatable bonds is 3. The van der Waals surface area contributed by atoms with Crippen LogP contribution in [0.15, 0.2) is 60.8 Å². The van der Waals surface area contributed by atoms with Gasteiger partial charge >= 0.3 is 0 Å². The zero-order chi connectivity index (χ0) is 17.2. The lowest BCUT2D eigenvalue weighted by atomic mass is 9.99. The molecule has 4 heteroatoms. The molecule has 1 fully saturated rings. The Bertz CT molecular complexity index is 900. The third kappa shape index (κ3) is 3.20. The molecule has 0 aliphatic carbocycles. The van der Waals surface area contributed by atoms with E-state index in [0.717, 1.165) is 42.4 Å². The van der Waals surface area contributed by atoms with Crippen molar-refractivity contribution in [3.8, 4) is 5.75 Å². The van der Waals surface area contributed by atoms with Gasteiger partial charge in [0.15, 0.2) is 0 Å². The lowest BCUT2D eigenvalue weighted by Crippen LogP contribution is -2.29. The summed E-state index contributed by atoms with van der Waals surface area (Å²) in [6, 6.07) is 16.9. The third-order valence-electron chi connectivity index (χ3n) is 4.91. The van der Waals surface area contributed by atoms with Crippen LogP contribution in [0.1, 0.15) is 22.3 Å². The summed E-state index contributed by atoms with van der Waals surface area (Å²) in [6.45, 7) is 1.56. The van der Waals surface area contributed by atoms with Gasteiger partial charge in [0, 0.05) is 24.7 Å². The van der Waals surface area contributed by atoms with Gasteiger partial charge < -0.3 is 10.0 Å². The second-order valence-corrected chi connectivity index (χ2v) is 6.65. The molecule has 0 spiro atoms. The molecule has 1 N–H and O–H groups in total. The van der Waals surface area contributed by atoms with Gasteiger partial charge in [0.1, 0.15) is 5.75 Å². The Morgan fingerprint density at radius 1 is 1.12 bits per heavy atom. The average Bonchev–Trinajstić information content (AvgIpc) is 3.11. The number of phenolic OH excluding ortho intramolecular Hbond substituents is 1. The smallest absolute Gasteiger partial charge is 0.254 e. The summed E-state index contributed by atoms with van der Waals surface area (Å²) < 4.78 is 0. The topological polar surface area (TPSA) is 53.4 Å². The van der Waals surface area contributed by atoms with E-state index < -0.39 is 0 Å². The first kappa shape index (κ1) is 15.6. The third-order valence-corrected chi connectivity index (χ3v) is 4.91. The van der Waals surface area contributed by atoms with Crippen LogP contribution in [0.4, 0.5) is 0 Å². The molecular formula is C21H20N2O2. The number of nitrogens with zero attached hydrogens (tertiary/aromatic N) is 2. The number of carbonyl (C=O) groups excluding carboxylic acids is 1. The first-order valence-corrected chi connectivity index (χ1v) is 8.61. The Balaban J connectivity index is 1.49. The van der Waals surface area contributed by atoms with Crippen LogP contribution < -0.4 is 0 Å². The highest BCUT2D eigenvalue weighted by Gasteiger charge is 2.27. The van der Waals surface area contributed by atoms with Crippen molar-refractivity contribution in [2.24, 2.45) is 5.92 Å². The van der Waals surface area contributed by atoms with E-state index in [-0.39, 0.29) is 11.7 Å². The molecule has 1 saturated heterocycles. The van der Waals surface area contributed by atoms with Crippen molar-refractivity contribution in [3.05, 3.63) is 71.9 Å². The highest BCUT2D eigenvalue weighted by atomic mass is 16.3. The van der Waals surface area contributed by atoms with Crippen molar-refractivity contribution in [1.29, 1.82) is 0 Å². The van der Waals surface area contributed by atoms with E-state index in [4.69, 9.17) is 0 Å². The molecule has 4 rings (SSSR count). The fourth-order valence-corrected chi connectivity index (χ4v) is 3.60. The molecule has 2 aromatic carbocycles. The lowest BCUT2D eigenvalue weighted by Gasteiger charge is -2.17. The molecule has 0 radical (unpaired) electrons. The number of pyridine rings is 1. The fourth-order valence-electron chi connectivity index (χ4n) is 3.60. The SMILES string of the molecule is O=C(c1ccnc2ccccc12)N1CCC(Cc2ccc(O)cc2)C1. The molecule has 1 aromatic heterocycles. The van der Waals surface area contributed by atoms with Crippen LogP contribution in [0.25, 0.3) is 10.9 Å². The van der Waals surface area contributed by atoms with Gasteiger partial charge in [0.25, 0.3) is 5.91 Å². The van der Waals surface area contributed by atoms with E-state index in [1.807, 2.05) is 47.4 Å². The molecule has 0 bridgehead atoms. The van der Waals surface area contributed by atoms with Crippen LogP contribution >= 0.6 is 0 Å². The molecule has 3 aromatic rings. The first-order valence-electron chi connectivity index (χ1n) is 8.61. The Labute approximate surface area is 146 Å². The molecule has 1 atom stereocenters. The number of carbonyl (C=O) groups is 1. The summed E-state index contributed by atoms with van der Waals surface area (Å²) in [4.78, 5) is 19.3. The number of para-hydroxylation sites is 1. The van der Waals surface area contributed by atoms with Gasteiger partial charge in [-0.3, -0.25) is 9.78 Å². The summed E-state index contributed by atoms with van der Waals surface area (Å²) in [5, 5.41) is 10.3. The van der Waals surface area contributed by atoms with Gasteiger partial charge in [0.2, 0.25) is 0 Å². The molecule has 4 nitrogen and oxygen atoms in total. The summed E-state index contributed by atoms with van der Waals surface area (Å²) >= 11 is 0. The molecular weight excluding hydrogens is 312 g/mol. The van der Waals surface area contributed by atoms with Crippen LogP contribution in [0.2, 0.25) is 0 Å². The number of aromatic hydroxyl groups is 1. The van der Waals surface area contributed by atoms with Crippen molar-refractivity contribution >= 4 is 16.8 Å². The summed E-state index contributed by atoms with van der Waals surface area (Å²) in [7, 11) is 0. The Morgan fingerprint density at radius 2 is 1.92 bits per heavy atom. The van der Waals surface area contributed by atoms with Crippen molar-refractivity contribution in [2.45, 2.75) is 12.8 Å². The van der Waals surface area contributed by atoms with Crippen molar-refractivity contribution in [3.63, 3.8) is 0 Å². The predicted octanol–water partition coefficient (Wildman–Crippen LogP) is 3.65. The van der Waals surface area contributed by atoms with Crippen LogP contribution in [-0.2, 0) is 6.42 Å². The summed E-state index contributed by atoms with van der Waals surface area (Å²) in [6.07, 6.45) is 3.65. The van der Waals surface area contributed by atoms with Gasteiger partial charge in [-0.15, -0.1) is 0 Å². The van der Waals surface area contributed by atoms with Gasteiger partial charge in [-0.2, -0.15) is 0 Å². The van der Waals surface area contributed by atoms with Crippen LogP contribution in [0.5, 0.6) is 5.75 Å². The monoisotopic (exact) mass is 332 g/mol. The molecule has 2 heterocycles. The van der Waals surface area contributed by atoms with Crippen LogP contribution in [0.3, 0.4) is 0 Å². The lowest BCUT2D eigenvalue weighted by molar-refractivity contribution is 0.0789. The molecule has 1 unspecified atom stereocenters. The van der Waals surface area contributed by atoms with E-state index in [0.29, 0.717) is 5.92 Å². The van der Waals surface area contributed by atoms with E-state index in [9.17, 15) is 9.90 Å².